The molecule has 1 aliphatic heterocycles. The van der Waals surface area contributed by atoms with Gasteiger partial charge in [-0.3, -0.25) is 4.99 Å². The number of hydrogen-bond acceptors (Lipinski definition) is 2. The van der Waals surface area contributed by atoms with E-state index in [1.165, 1.54) is 5.70 Å². The molecule has 1 atom stereocenters. The van der Waals surface area contributed by atoms with Crippen LogP contribution in [0, 0.1) is 0 Å². The summed E-state index contributed by atoms with van der Waals surface area (Å²) in [6, 6.07) is 0.966. The highest BCUT2D eigenvalue weighted by molar-refractivity contribution is 5.63. The predicted octanol–water partition coefficient (Wildman–Crippen LogP) is 1.99. The van der Waals surface area contributed by atoms with Gasteiger partial charge in [-0.05, 0) is 26.3 Å². The smallest absolute Gasteiger partial charge is 0.0927 e. The summed E-state index contributed by atoms with van der Waals surface area (Å²) in [7, 11) is 0. The van der Waals surface area contributed by atoms with Crippen LogP contribution in [0.5, 0.6) is 0 Å². The Morgan fingerprint density at radius 1 is 1.54 bits per heavy atom. The van der Waals surface area contributed by atoms with Crippen molar-refractivity contribution in [2.24, 2.45) is 4.99 Å². The van der Waals surface area contributed by atoms with Crippen LogP contribution < -0.4 is 0 Å². The molecule has 0 radical (unpaired) electrons. The lowest BCUT2D eigenvalue weighted by molar-refractivity contribution is 0.292. The van der Waals surface area contributed by atoms with Crippen LogP contribution in [0.1, 0.15) is 20.3 Å². The fourth-order valence-electron chi connectivity index (χ4n) is 1.91. The Morgan fingerprint density at radius 2 is 2.38 bits per heavy atom. The highest BCUT2D eigenvalue weighted by Gasteiger charge is 2.23. The average Bonchev–Trinajstić information content (AvgIpc) is 2.17. The number of allylic oxidation sites excluding steroid dienone is 2. The Morgan fingerprint density at radius 3 is 3.15 bits per heavy atom. The summed E-state index contributed by atoms with van der Waals surface area (Å²) in [4.78, 5) is 6.92. The molecule has 1 aliphatic carbocycles. The maximum Gasteiger partial charge on any atom is 0.0927 e. The molecule has 0 saturated carbocycles. The summed E-state index contributed by atoms with van der Waals surface area (Å²) in [5.74, 6) is 0. The molecule has 0 spiro atoms. The fraction of sp³-hybridized carbons (Fsp3) is 0.545. The maximum absolute atomic E-state index is 4.50. The van der Waals surface area contributed by atoms with Crippen LogP contribution in [0.2, 0.25) is 0 Å². The monoisotopic (exact) mass is 176 g/mol. The Labute approximate surface area is 79.7 Å². The van der Waals surface area contributed by atoms with Crippen LogP contribution >= 0.6 is 0 Å². The Hall–Kier alpha value is -1.05. The molecule has 0 N–H and O–H groups in total. The van der Waals surface area contributed by atoms with Crippen molar-refractivity contribution in [1.29, 1.82) is 0 Å². The van der Waals surface area contributed by atoms with E-state index in [2.05, 4.69) is 42.0 Å². The maximum atomic E-state index is 4.50. The third-order valence-electron chi connectivity index (χ3n) is 2.62. The minimum absolute atomic E-state index is 0.390. The molecule has 0 fully saturated rings. The molecule has 2 heteroatoms. The number of nitrogens with zero attached hydrogens (tertiary/aromatic N) is 2. The summed E-state index contributed by atoms with van der Waals surface area (Å²) in [6.07, 6.45) is 9.63. The standard InChI is InChI=1S/C11H16N2/c1-9(2)13-8-7-12-10-5-3-4-6-11(10)13/h3-4,6-7,9-10H,5,8H2,1-2H3. The van der Waals surface area contributed by atoms with Crippen molar-refractivity contribution in [3.8, 4) is 0 Å². The lowest BCUT2D eigenvalue weighted by Crippen LogP contribution is -2.39. The second-order valence-corrected chi connectivity index (χ2v) is 3.85. The quantitative estimate of drug-likeness (QED) is 0.596. The molecule has 1 unspecified atom stereocenters. The molecule has 13 heavy (non-hydrogen) atoms. The van der Waals surface area contributed by atoms with Crippen molar-refractivity contribution in [2.45, 2.75) is 32.4 Å². The molecule has 2 nitrogen and oxygen atoms in total. The van der Waals surface area contributed by atoms with Gasteiger partial charge in [0, 0.05) is 18.0 Å². The Kier molecular flexibility index (Phi) is 2.21. The molecule has 0 amide bonds. The van der Waals surface area contributed by atoms with Gasteiger partial charge in [0.2, 0.25) is 0 Å². The van der Waals surface area contributed by atoms with E-state index in [0.717, 1.165) is 13.0 Å². The molecule has 0 aromatic carbocycles. The van der Waals surface area contributed by atoms with Crippen molar-refractivity contribution >= 4 is 6.21 Å². The summed E-state index contributed by atoms with van der Waals surface area (Å²) in [6.45, 7) is 5.43. The van der Waals surface area contributed by atoms with Crippen molar-refractivity contribution < 1.29 is 0 Å². The molecule has 2 aliphatic rings. The molecule has 0 saturated heterocycles. The molecular formula is C11H16N2. The minimum atomic E-state index is 0.390. The van der Waals surface area contributed by atoms with Crippen LogP contribution in [0.3, 0.4) is 0 Å². The highest BCUT2D eigenvalue weighted by atomic mass is 15.2. The van der Waals surface area contributed by atoms with Crippen LogP contribution in [0.25, 0.3) is 0 Å². The Balaban J connectivity index is 2.26. The van der Waals surface area contributed by atoms with Crippen molar-refractivity contribution in [3.63, 3.8) is 0 Å². The van der Waals surface area contributed by atoms with E-state index >= 15 is 0 Å². The van der Waals surface area contributed by atoms with E-state index in [4.69, 9.17) is 0 Å². The Bertz CT molecular complexity index is 274. The minimum Gasteiger partial charge on any atom is -0.365 e. The van der Waals surface area contributed by atoms with Crippen LogP contribution in [0.15, 0.2) is 28.9 Å². The van der Waals surface area contributed by atoms with E-state index in [0.29, 0.717) is 12.1 Å². The number of rotatable bonds is 1. The van der Waals surface area contributed by atoms with Gasteiger partial charge < -0.3 is 4.90 Å². The molecule has 0 aromatic rings. The van der Waals surface area contributed by atoms with Gasteiger partial charge in [0.05, 0.1) is 12.6 Å². The zero-order valence-corrected chi connectivity index (χ0v) is 8.27. The molecule has 2 rings (SSSR count). The normalized spacial score (nSPS) is 26.2. The van der Waals surface area contributed by atoms with E-state index in [9.17, 15) is 0 Å². The van der Waals surface area contributed by atoms with E-state index in [1.807, 2.05) is 6.21 Å². The van der Waals surface area contributed by atoms with Crippen molar-refractivity contribution in [3.05, 3.63) is 23.9 Å². The number of hydrogen-bond donors (Lipinski definition) is 0. The number of aliphatic imine (C=N–C) groups is 1. The van der Waals surface area contributed by atoms with Gasteiger partial charge in [0.15, 0.2) is 0 Å². The molecule has 1 heterocycles. The number of fused-ring (bicyclic) bond motifs is 1. The zero-order chi connectivity index (χ0) is 9.26. The summed E-state index contributed by atoms with van der Waals surface area (Å²) < 4.78 is 0. The largest absolute Gasteiger partial charge is 0.365 e. The van der Waals surface area contributed by atoms with Gasteiger partial charge >= 0.3 is 0 Å². The third kappa shape index (κ3) is 1.53. The first kappa shape index (κ1) is 8.54. The lowest BCUT2D eigenvalue weighted by atomic mass is 10.0. The summed E-state index contributed by atoms with van der Waals surface area (Å²) >= 11 is 0. The van der Waals surface area contributed by atoms with Crippen molar-refractivity contribution in [2.75, 3.05) is 6.54 Å². The van der Waals surface area contributed by atoms with Gasteiger partial charge in [-0.2, -0.15) is 0 Å². The highest BCUT2D eigenvalue weighted by Crippen LogP contribution is 2.24. The second-order valence-electron chi connectivity index (χ2n) is 3.85. The first-order chi connectivity index (χ1) is 6.29. The van der Waals surface area contributed by atoms with Gasteiger partial charge in [-0.25, -0.2) is 0 Å². The van der Waals surface area contributed by atoms with Gasteiger partial charge in [0.1, 0.15) is 0 Å². The van der Waals surface area contributed by atoms with Crippen LogP contribution in [-0.4, -0.2) is 29.7 Å². The summed E-state index contributed by atoms with van der Waals surface area (Å²) in [5.41, 5.74) is 1.39. The van der Waals surface area contributed by atoms with Gasteiger partial charge in [0.25, 0.3) is 0 Å². The third-order valence-corrected chi connectivity index (χ3v) is 2.62. The summed E-state index contributed by atoms with van der Waals surface area (Å²) in [5, 5.41) is 0. The van der Waals surface area contributed by atoms with E-state index < -0.39 is 0 Å². The van der Waals surface area contributed by atoms with Crippen LogP contribution in [0.4, 0.5) is 0 Å². The predicted molar refractivity (Wildman–Crippen MR) is 56.0 cm³/mol. The first-order valence-electron chi connectivity index (χ1n) is 4.94. The van der Waals surface area contributed by atoms with E-state index in [-0.39, 0.29) is 0 Å². The topological polar surface area (TPSA) is 15.6 Å². The molecule has 0 bridgehead atoms. The van der Waals surface area contributed by atoms with E-state index in [1.54, 1.807) is 0 Å². The SMILES string of the molecule is CC(C)N1CC=NC2CC=CC=C21. The van der Waals surface area contributed by atoms with Gasteiger partial charge in [-0.15, -0.1) is 0 Å². The zero-order valence-electron chi connectivity index (χ0n) is 8.27. The van der Waals surface area contributed by atoms with Crippen molar-refractivity contribution in [1.82, 2.24) is 4.90 Å². The van der Waals surface area contributed by atoms with Gasteiger partial charge in [-0.1, -0.05) is 12.2 Å². The molecule has 0 aromatic heterocycles. The fourth-order valence-corrected chi connectivity index (χ4v) is 1.91. The average molecular weight is 176 g/mol. The lowest BCUT2D eigenvalue weighted by Gasteiger charge is -2.36. The second kappa shape index (κ2) is 3.36. The first-order valence-corrected chi connectivity index (χ1v) is 4.94. The molecule has 70 valence electrons. The molecular weight excluding hydrogens is 160 g/mol. The van der Waals surface area contributed by atoms with Crippen LogP contribution in [-0.2, 0) is 0 Å².